The number of methoxy groups -OCH3 is 1. The summed E-state index contributed by atoms with van der Waals surface area (Å²) in [5.41, 5.74) is 0.138. The third-order valence-electron chi connectivity index (χ3n) is 3.82. The Labute approximate surface area is 173 Å². The van der Waals surface area contributed by atoms with Crippen molar-refractivity contribution in [3.05, 3.63) is 34.5 Å². The first-order chi connectivity index (χ1) is 13.6. The summed E-state index contributed by atoms with van der Waals surface area (Å²) in [5.74, 6) is -1.14. The molecule has 158 valence electrons. The van der Waals surface area contributed by atoms with Gasteiger partial charge in [-0.05, 0) is 39.0 Å². The lowest BCUT2D eigenvalue weighted by Crippen LogP contribution is -2.31. The van der Waals surface area contributed by atoms with Gasteiger partial charge in [-0.25, -0.2) is 9.59 Å². The fourth-order valence-corrected chi connectivity index (χ4v) is 2.77. The van der Waals surface area contributed by atoms with Crippen LogP contribution < -0.4 is 10.6 Å². The van der Waals surface area contributed by atoms with Gasteiger partial charge in [0, 0.05) is 12.2 Å². The topological polar surface area (TPSA) is 117 Å². The van der Waals surface area contributed by atoms with Gasteiger partial charge in [0.05, 0.1) is 36.5 Å². The van der Waals surface area contributed by atoms with Crippen LogP contribution in [0.15, 0.2) is 29.5 Å². The van der Waals surface area contributed by atoms with Crippen molar-refractivity contribution in [2.45, 2.75) is 26.4 Å². The summed E-state index contributed by atoms with van der Waals surface area (Å²) in [5, 5.41) is 14.8. The number of nitrogens with zero attached hydrogens (tertiary/aromatic N) is 1. The number of carbonyl (C=O) groups is 3. The summed E-state index contributed by atoms with van der Waals surface area (Å²) < 4.78 is 9.95. The lowest BCUT2D eigenvalue weighted by molar-refractivity contribution is -0.136. The van der Waals surface area contributed by atoms with Crippen LogP contribution in [0.5, 0.6) is 0 Å². The van der Waals surface area contributed by atoms with E-state index in [1.807, 2.05) is 0 Å². The van der Waals surface area contributed by atoms with E-state index < -0.39 is 23.6 Å². The number of anilines is 2. The maximum atomic E-state index is 12.6. The van der Waals surface area contributed by atoms with Crippen molar-refractivity contribution < 1.29 is 29.0 Å². The number of esters is 1. The maximum absolute atomic E-state index is 12.6. The predicted octanol–water partition coefficient (Wildman–Crippen LogP) is 2.36. The number of benzene rings is 1. The first-order valence-corrected chi connectivity index (χ1v) is 9.21. The number of carbonyl (C=O) groups excluding carboxylic acids is 3. The Morgan fingerprint density at radius 3 is 2.59 bits per heavy atom. The SMILES string of the molecule is COC(=O)C1=C(Nc2cc(NC(=O)OC(C)(C)C)ccc2Cl)C(=O)N(CCO)C1. The van der Waals surface area contributed by atoms with Gasteiger partial charge in [0.1, 0.15) is 11.3 Å². The van der Waals surface area contributed by atoms with Gasteiger partial charge < -0.3 is 24.8 Å². The van der Waals surface area contributed by atoms with E-state index in [0.29, 0.717) is 11.4 Å². The van der Waals surface area contributed by atoms with E-state index in [4.69, 9.17) is 26.2 Å². The molecule has 0 aromatic heterocycles. The molecule has 2 amide bonds. The molecule has 1 aliphatic heterocycles. The Morgan fingerprint density at radius 2 is 2.00 bits per heavy atom. The van der Waals surface area contributed by atoms with Gasteiger partial charge >= 0.3 is 12.1 Å². The van der Waals surface area contributed by atoms with E-state index in [2.05, 4.69) is 10.6 Å². The van der Waals surface area contributed by atoms with Gasteiger partial charge in [0.15, 0.2) is 0 Å². The minimum atomic E-state index is -0.666. The molecular formula is C19H24ClN3O6. The Hall–Kier alpha value is -2.78. The minimum Gasteiger partial charge on any atom is -0.466 e. The summed E-state index contributed by atoms with van der Waals surface area (Å²) in [4.78, 5) is 38.0. The van der Waals surface area contributed by atoms with Crippen molar-refractivity contribution >= 4 is 40.9 Å². The lowest BCUT2D eigenvalue weighted by Gasteiger charge is -2.20. The molecule has 0 unspecified atom stereocenters. The van der Waals surface area contributed by atoms with Gasteiger partial charge in [-0.2, -0.15) is 0 Å². The first kappa shape index (κ1) is 22.5. The average Bonchev–Trinajstić information content (AvgIpc) is 2.92. The number of hydrogen-bond donors (Lipinski definition) is 3. The van der Waals surface area contributed by atoms with Crippen LogP contribution in [-0.4, -0.2) is 60.4 Å². The van der Waals surface area contributed by atoms with Crippen molar-refractivity contribution in [3.8, 4) is 0 Å². The largest absolute Gasteiger partial charge is 0.466 e. The molecule has 0 aliphatic carbocycles. The number of ether oxygens (including phenoxy) is 2. The third kappa shape index (κ3) is 5.85. The van der Waals surface area contributed by atoms with Crippen LogP contribution in [-0.2, 0) is 19.1 Å². The highest BCUT2D eigenvalue weighted by molar-refractivity contribution is 6.33. The highest BCUT2D eigenvalue weighted by atomic mass is 35.5. The molecule has 1 aromatic rings. The summed E-state index contributed by atoms with van der Waals surface area (Å²) in [7, 11) is 1.21. The van der Waals surface area contributed by atoms with E-state index in [1.54, 1.807) is 26.8 Å². The summed E-state index contributed by atoms with van der Waals surface area (Å²) in [6.45, 7) is 5.05. The van der Waals surface area contributed by atoms with Crippen molar-refractivity contribution in [1.29, 1.82) is 0 Å². The normalized spacial score (nSPS) is 14.1. The lowest BCUT2D eigenvalue weighted by atomic mass is 10.2. The standard InChI is InChI=1S/C19H24ClN3O6/c1-19(2,3)29-18(27)21-11-5-6-13(20)14(9-11)22-15-12(17(26)28-4)10-23(7-8-24)16(15)25/h5-6,9,22,24H,7-8,10H2,1-4H3,(H,21,27). The third-order valence-corrected chi connectivity index (χ3v) is 4.15. The van der Waals surface area contributed by atoms with E-state index in [0.717, 1.165) is 0 Å². The van der Waals surface area contributed by atoms with E-state index in [9.17, 15) is 14.4 Å². The van der Waals surface area contributed by atoms with Gasteiger partial charge in [0.2, 0.25) is 0 Å². The number of aliphatic hydroxyl groups excluding tert-OH is 1. The Morgan fingerprint density at radius 1 is 1.31 bits per heavy atom. The maximum Gasteiger partial charge on any atom is 0.412 e. The minimum absolute atomic E-state index is 0.00150. The van der Waals surface area contributed by atoms with E-state index in [1.165, 1.54) is 24.1 Å². The zero-order chi connectivity index (χ0) is 21.8. The summed E-state index contributed by atoms with van der Waals surface area (Å²) >= 11 is 6.21. The molecule has 0 spiro atoms. The Bertz CT molecular complexity index is 847. The quantitative estimate of drug-likeness (QED) is 0.599. The molecule has 10 heteroatoms. The molecule has 1 aromatic carbocycles. The van der Waals surface area contributed by atoms with Gasteiger partial charge in [0.25, 0.3) is 5.91 Å². The average molecular weight is 426 g/mol. The number of hydrogen-bond acceptors (Lipinski definition) is 7. The van der Waals surface area contributed by atoms with Crippen molar-refractivity contribution in [2.24, 2.45) is 0 Å². The molecule has 1 heterocycles. The Balaban J connectivity index is 2.28. The molecular weight excluding hydrogens is 402 g/mol. The molecule has 0 fully saturated rings. The zero-order valence-electron chi connectivity index (χ0n) is 16.7. The second-order valence-electron chi connectivity index (χ2n) is 7.24. The van der Waals surface area contributed by atoms with Crippen LogP contribution in [0.1, 0.15) is 20.8 Å². The predicted molar refractivity (Wildman–Crippen MR) is 108 cm³/mol. The highest BCUT2D eigenvalue weighted by Crippen LogP contribution is 2.30. The number of halogens is 1. The molecule has 9 nitrogen and oxygen atoms in total. The van der Waals surface area contributed by atoms with Crippen LogP contribution >= 0.6 is 11.6 Å². The molecule has 0 saturated heterocycles. The smallest absolute Gasteiger partial charge is 0.412 e. The van der Waals surface area contributed by atoms with Gasteiger partial charge in [-0.15, -0.1) is 0 Å². The summed E-state index contributed by atoms with van der Waals surface area (Å²) in [6.07, 6.45) is -0.647. The second-order valence-corrected chi connectivity index (χ2v) is 7.65. The molecule has 29 heavy (non-hydrogen) atoms. The number of rotatable bonds is 6. The number of β-amino-alcohol motifs (C(OH)–C–C–N with tert-alkyl or cyclic N) is 1. The van der Waals surface area contributed by atoms with Crippen molar-refractivity contribution in [1.82, 2.24) is 4.90 Å². The monoisotopic (exact) mass is 425 g/mol. The van der Waals surface area contributed by atoms with Crippen LogP contribution in [0, 0.1) is 0 Å². The fraction of sp³-hybridized carbons (Fsp3) is 0.421. The van der Waals surface area contributed by atoms with Crippen LogP contribution in [0.25, 0.3) is 0 Å². The molecule has 0 radical (unpaired) electrons. The van der Waals surface area contributed by atoms with E-state index >= 15 is 0 Å². The van der Waals surface area contributed by atoms with Crippen LogP contribution in [0.4, 0.5) is 16.2 Å². The summed E-state index contributed by atoms with van der Waals surface area (Å²) in [6, 6.07) is 4.61. The fourth-order valence-electron chi connectivity index (χ4n) is 2.60. The van der Waals surface area contributed by atoms with Gasteiger partial charge in [-0.3, -0.25) is 10.1 Å². The second kappa shape index (κ2) is 9.15. The molecule has 2 rings (SSSR count). The number of amides is 2. The molecule has 0 bridgehead atoms. The Kier molecular flexibility index (Phi) is 7.10. The van der Waals surface area contributed by atoms with Crippen molar-refractivity contribution in [2.75, 3.05) is 37.4 Å². The number of aliphatic hydroxyl groups is 1. The van der Waals surface area contributed by atoms with Crippen LogP contribution in [0.2, 0.25) is 5.02 Å². The molecule has 3 N–H and O–H groups in total. The van der Waals surface area contributed by atoms with E-state index in [-0.39, 0.29) is 36.0 Å². The highest BCUT2D eigenvalue weighted by Gasteiger charge is 2.34. The van der Waals surface area contributed by atoms with Crippen molar-refractivity contribution in [3.63, 3.8) is 0 Å². The first-order valence-electron chi connectivity index (χ1n) is 8.84. The van der Waals surface area contributed by atoms with Gasteiger partial charge in [-0.1, -0.05) is 11.6 Å². The molecule has 0 atom stereocenters. The molecule has 1 aliphatic rings. The molecule has 0 saturated carbocycles. The number of nitrogens with one attached hydrogen (secondary N) is 2. The van der Waals surface area contributed by atoms with Crippen LogP contribution in [0.3, 0.4) is 0 Å². The zero-order valence-corrected chi connectivity index (χ0v) is 17.4.